The number of rotatable bonds is 3. The van der Waals surface area contributed by atoms with E-state index in [1.165, 1.54) is 11.1 Å². The Morgan fingerprint density at radius 2 is 1.54 bits per heavy atom. The third kappa shape index (κ3) is 2.74. The first-order valence-corrected chi connectivity index (χ1v) is 8.59. The lowest BCUT2D eigenvalue weighted by atomic mass is 9.78. The summed E-state index contributed by atoms with van der Waals surface area (Å²) in [4.78, 5) is 24.7. The maximum atomic E-state index is 12.9. The van der Waals surface area contributed by atoms with Crippen LogP contribution in [0.1, 0.15) is 37.8 Å². The minimum Gasteiger partial charge on any atom is -0.481 e. The summed E-state index contributed by atoms with van der Waals surface area (Å²) in [5.74, 6) is -1.97. The first-order valence-electron chi connectivity index (χ1n) is 8.59. The number of amides is 1. The predicted octanol–water partition coefficient (Wildman–Crippen LogP) is 3.94. The van der Waals surface area contributed by atoms with Crippen molar-refractivity contribution in [1.82, 2.24) is 0 Å². The van der Waals surface area contributed by atoms with Crippen molar-refractivity contribution in [3.63, 3.8) is 0 Å². The van der Waals surface area contributed by atoms with E-state index in [0.29, 0.717) is 0 Å². The zero-order chi connectivity index (χ0) is 17.6. The molecule has 0 heterocycles. The van der Waals surface area contributed by atoms with Crippen LogP contribution in [0, 0.1) is 37.5 Å². The average Bonchev–Trinajstić information content (AvgIpc) is 3.01. The van der Waals surface area contributed by atoms with Gasteiger partial charge in [-0.1, -0.05) is 17.2 Å². The Morgan fingerprint density at radius 1 is 1.00 bits per heavy atom. The van der Waals surface area contributed by atoms with Crippen molar-refractivity contribution in [2.45, 2.75) is 40.5 Å². The number of carbonyl (C=O) groups is 2. The second kappa shape index (κ2) is 6.08. The van der Waals surface area contributed by atoms with E-state index in [9.17, 15) is 14.7 Å². The first kappa shape index (κ1) is 16.7. The van der Waals surface area contributed by atoms with Gasteiger partial charge in [-0.15, -0.1) is 0 Å². The standard InChI is InChI=1S/C20H25NO3/c1-10(2)16-14-5-6-15(16)18(20(23)24)17(14)19(22)21-13-8-11(3)7-12(4)9-13/h7-9,14-15,17-18H,5-6H2,1-4H3,(H,21,22)(H,23,24)/t14-,15-,17-,18-/m1/s1. The molecular formula is C20H25NO3. The molecule has 2 bridgehead atoms. The van der Waals surface area contributed by atoms with Gasteiger partial charge in [0, 0.05) is 5.69 Å². The normalized spacial score (nSPS) is 28.1. The van der Waals surface area contributed by atoms with Crippen molar-refractivity contribution in [3.8, 4) is 0 Å². The molecule has 0 aromatic heterocycles. The molecule has 0 spiro atoms. The maximum absolute atomic E-state index is 12.9. The van der Waals surface area contributed by atoms with Gasteiger partial charge in [-0.25, -0.2) is 0 Å². The zero-order valence-corrected chi connectivity index (χ0v) is 14.7. The topological polar surface area (TPSA) is 66.4 Å². The summed E-state index contributed by atoms with van der Waals surface area (Å²) in [6.45, 7) is 8.04. The van der Waals surface area contributed by atoms with Crippen LogP contribution in [-0.4, -0.2) is 17.0 Å². The van der Waals surface area contributed by atoms with Crippen LogP contribution in [0.5, 0.6) is 0 Å². The molecule has 3 rings (SSSR count). The quantitative estimate of drug-likeness (QED) is 0.827. The molecule has 4 atom stereocenters. The van der Waals surface area contributed by atoms with Crippen molar-refractivity contribution < 1.29 is 14.7 Å². The van der Waals surface area contributed by atoms with E-state index in [-0.39, 0.29) is 17.7 Å². The van der Waals surface area contributed by atoms with Crippen molar-refractivity contribution in [2.24, 2.45) is 23.7 Å². The average molecular weight is 327 g/mol. The molecule has 2 fully saturated rings. The van der Waals surface area contributed by atoms with Crippen molar-refractivity contribution in [3.05, 3.63) is 40.5 Å². The molecule has 1 aromatic rings. The maximum Gasteiger partial charge on any atom is 0.307 e. The minimum absolute atomic E-state index is 0.0208. The van der Waals surface area contributed by atoms with Gasteiger partial charge in [0.15, 0.2) is 0 Å². The number of aliphatic carboxylic acids is 1. The van der Waals surface area contributed by atoms with Gasteiger partial charge in [0.25, 0.3) is 0 Å². The lowest BCUT2D eigenvalue weighted by Gasteiger charge is -2.26. The highest BCUT2D eigenvalue weighted by Crippen LogP contribution is 2.57. The summed E-state index contributed by atoms with van der Waals surface area (Å²) in [5.41, 5.74) is 5.30. The SMILES string of the molecule is CC(C)=C1[C@H]2CC[C@H]1[C@@H](C(=O)Nc1cc(C)cc(C)c1)[C@@H]2C(=O)O. The Kier molecular flexibility index (Phi) is 4.24. The Morgan fingerprint density at radius 3 is 2.04 bits per heavy atom. The highest BCUT2D eigenvalue weighted by atomic mass is 16.4. The van der Waals surface area contributed by atoms with Crippen molar-refractivity contribution >= 4 is 17.6 Å². The van der Waals surface area contributed by atoms with Crippen molar-refractivity contribution in [2.75, 3.05) is 5.32 Å². The Bertz CT molecular complexity index is 710. The van der Waals surface area contributed by atoms with Gasteiger partial charge in [0.2, 0.25) is 5.91 Å². The van der Waals surface area contributed by atoms with Crippen LogP contribution >= 0.6 is 0 Å². The monoisotopic (exact) mass is 327 g/mol. The third-order valence-corrected chi connectivity index (χ3v) is 5.50. The molecule has 0 unspecified atom stereocenters. The number of carboxylic acid groups (broad SMARTS) is 1. The van der Waals surface area contributed by atoms with Gasteiger partial charge in [0.05, 0.1) is 11.8 Å². The number of benzene rings is 1. The van der Waals surface area contributed by atoms with Crippen LogP contribution in [0.15, 0.2) is 29.3 Å². The Balaban J connectivity index is 1.91. The molecule has 1 aromatic carbocycles. The minimum atomic E-state index is -0.846. The van der Waals surface area contributed by atoms with Gasteiger partial charge in [-0.3, -0.25) is 9.59 Å². The molecule has 0 radical (unpaired) electrons. The Labute approximate surface area is 143 Å². The number of carbonyl (C=O) groups excluding carboxylic acids is 1. The molecule has 2 N–H and O–H groups in total. The third-order valence-electron chi connectivity index (χ3n) is 5.50. The second-order valence-corrected chi connectivity index (χ2v) is 7.50. The number of allylic oxidation sites excluding steroid dienone is 2. The molecular weight excluding hydrogens is 302 g/mol. The number of aryl methyl sites for hydroxylation is 2. The molecule has 2 saturated carbocycles. The summed E-state index contributed by atoms with van der Waals surface area (Å²) in [5, 5.41) is 12.7. The van der Waals surface area contributed by atoms with Crippen LogP contribution in [0.3, 0.4) is 0 Å². The highest BCUT2D eigenvalue weighted by molar-refractivity contribution is 5.96. The van der Waals surface area contributed by atoms with Gasteiger partial charge < -0.3 is 10.4 Å². The lowest BCUT2D eigenvalue weighted by molar-refractivity contribution is -0.148. The summed E-state index contributed by atoms with van der Waals surface area (Å²) in [6.07, 6.45) is 1.80. The molecule has 24 heavy (non-hydrogen) atoms. The molecule has 0 aliphatic heterocycles. The summed E-state index contributed by atoms with van der Waals surface area (Å²) < 4.78 is 0. The number of fused-ring (bicyclic) bond motifs is 2. The van der Waals surface area contributed by atoms with E-state index in [2.05, 4.69) is 11.4 Å². The number of carboxylic acids is 1. The Hall–Kier alpha value is -2.10. The predicted molar refractivity (Wildman–Crippen MR) is 93.7 cm³/mol. The molecule has 2 aliphatic rings. The fourth-order valence-electron chi connectivity index (χ4n) is 4.88. The molecule has 128 valence electrons. The zero-order valence-electron chi connectivity index (χ0n) is 14.7. The van der Waals surface area contributed by atoms with Crippen molar-refractivity contribution in [1.29, 1.82) is 0 Å². The van der Waals surface area contributed by atoms with Crippen LogP contribution in [-0.2, 0) is 9.59 Å². The van der Waals surface area contributed by atoms with E-state index >= 15 is 0 Å². The first-order chi connectivity index (χ1) is 11.3. The van der Waals surface area contributed by atoms with E-state index in [4.69, 9.17) is 0 Å². The van der Waals surface area contributed by atoms with Gasteiger partial charge >= 0.3 is 5.97 Å². The molecule has 1 amide bonds. The highest BCUT2D eigenvalue weighted by Gasteiger charge is 2.57. The number of hydrogen-bond acceptors (Lipinski definition) is 2. The fraction of sp³-hybridized carbons (Fsp3) is 0.500. The summed E-state index contributed by atoms with van der Waals surface area (Å²) in [7, 11) is 0. The van der Waals surface area contributed by atoms with E-state index in [0.717, 1.165) is 29.7 Å². The molecule has 2 aliphatic carbocycles. The van der Waals surface area contributed by atoms with Crippen LogP contribution in [0.2, 0.25) is 0 Å². The van der Waals surface area contributed by atoms with Crippen LogP contribution in [0.25, 0.3) is 0 Å². The van der Waals surface area contributed by atoms with E-state index < -0.39 is 17.8 Å². The molecule has 0 saturated heterocycles. The van der Waals surface area contributed by atoms with Crippen LogP contribution in [0.4, 0.5) is 5.69 Å². The summed E-state index contributed by atoms with van der Waals surface area (Å²) in [6, 6.07) is 5.90. The fourth-order valence-corrected chi connectivity index (χ4v) is 4.88. The van der Waals surface area contributed by atoms with Gasteiger partial charge in [-0.05, 0) is 75.6 Å². The van der Waals surface area contributed by atoms with E-state index in [1.807, 2.05) is 39.8 Å². The summed E-state index contributed by atoms with van der Waals surface area (Å²) >= 11 is 0. The molecule has 4 nitrogen and oxygen atoms in total. The van der Waals surface area contributed by atoms with E-state index in [1.54, 1.807) is 0 Å². The molecule has 4 heteroatoms. The number of nitrogens with one attached hydrogen (secondary N) is 1. The van der Waals surface area contributed by atoms with Gasteiger partial charge in [0.1, 0.15) is 0 Å². The largest absolute Gasteiger partial charge is 0.481 e. The van der Waals surface area contributed by atoms with Crippen LogP contribution < -0.4 is 5.32 Å². The van der Waals surface area contributed by atoms with Gasteiger partial charge in [-0.2, -0.15) is 0 Å². The number of anilines is 1. The smallest absolute Gasteiger partial charge is 0.307 e. The lowest BCUT2D eigenvalue weighted by Crippen LogP contribution is -2.37. The second-order valence-electron chi connectivity index (χ2n) is 7.50. The number of hydrogen-bond donors (Lipinski definition) is 2.